The third kappa shape index (κ3) is 3.77. The van der Waals surface area contributed by atoms with Crippen molar-refractivity contribution in [2.45, 2.75) is 24.5 Å². The summed E-state index contributed by atoms with van der Waals surface area (Å²) in [6, 6.07) is 3.51. The van der Waals surface area contributed by atoms with Crippen molar-refractivity contribution >= 4 is 21.4 Å². The van der Waals surface area contributed by atoms with Crippen LogP contribution in [0.25, 0.3) is 0 Å². The summed E-state index contributed by atoms with van der Waals surface area (Å²) < 4.78 is 26.2. The highest BCUT2D eigenvalue weighted by molar-refractivity contribution is 7.91. The lowest BCUT2D eigenvalue weighted by Crippen LogP contribution is -2.29. The van der Waals surface area contributed by atoms with E-state index in [9.17, 15) is 8.42 Å². The maximum atomic E-state index is 12.2. The van der Waals surface area contributed by atoms with Crippen molar-refractivity contribution in [3.63, 3.8) is 0 Å². The SMILES string of the molecule is CC(C)CN(C)S(=O)(=O)c1ccc(CCN)s1. The van der Waals surface area contributed by atoms with Gasteiger partial charge in [-0.2, -0.15) is 4.31 Å². The summed E-state index contributed by atoms with van der Waals surface area (Å²) in [5.74, 6) is 0.318. The molecule has 6 heteroatoms. The van der Waals surface area contributed by atoms with Gasteiger partial charge in [-0.05, 0) is 31.0 Å². The Morgan fingerprint density at radius 1 is 1.41 bits per heavy atom. The van der Waals surface area contributed by atoms with E-state index < -0.39 is 10.0 Å². The van der Waals surface area contributed by atoms with E-state index in [1.165, 1.54) is 15.6 Å². The van der Waals surface area contributed by atoms with Crippen LogP contribution in [0.3, 0.4) is 0 Å². The van der Waals surface area contributed by atoms with Gasteiger partial charge >= 0.3 is 0 Å². The summed E-state index contributed by atoms with van der Waals surface area (Å²) in [6.07, 6.45) is 0.730. The van der Waals surface area contributed by atoms with Crippen molar-refractivity contribution in [1.82, 2.24) is 4.31 Å². The fourth-order valence-corrected chi connectivity index (χ4v) is 4.46. The van der Waals surface area contributed by atoms with Crippen molar-refractivity contribution in [2.75, 3.05) is 20.1 Å². The first-order valence-corrected chi connectivity index (χ1v) is 7.88. The molecule has 0 aliphatic carbocycles. The fourth-order valence-electron chi connectivity index (χ4n) is 1.54. The lowest BCUT2D eigenvalue weighted by atomic mass is 10.2. The van der Waals surface area contributed by atoms with E-state index in [2.05, 4.69) is 0 Å². The van der Waals surface area contributed by atoms with Crippen LogP contribution in [0.5, 0.6) is 0 Å². The van der Waals surface area contributed by atoms with Gasteiger partial charge < -0.3 is 5.73 Å². The van der Waals surface area contributed by atoms with Gasteiger partial charge in [0.2, 0.25) is 0 Å². The predicted octanol–water partition coefficient (Wildman–Crippen LogP) is 1.53. The van der Waals surface area contributed by atoms with Gasteiger partial charge in [0.25, 0.3) is 10.0 Å². The highest BCUT2D eigenvalue weighted by Gasteiger charge is 2.23. The van der Waals surface area contributed by atoms with Crippen molar-refractivity contribution in [3.8, 4) is 0 Å². The standard InChI is InChI=1S/C11H20N2O2S2/c1-9(2)8-13(3)17(14,15)11-5-4-10(16-11)6-7-12/h4-5,9H,6-8,12H2,1-3H3. The Hall–Kier alpha value is -0.430. The summed E-state index contributed by atoms with van der Waals surface area (Å²) in [7, 11) is -1.70. The Bertz CT molecular complexity index is 452. The first kappa shape index (κ1) is 14.6. The van der Waals surface area contributed by atoms with Crippen LogP contribution in [-0.2, 0) is 16.4 Å². The molecular weight excluding hydrogens is 256 g/mol. The minimum atomic E-state index is -3.32. The molecule has 17 heavy (non-hydrogen) atoms. The van der Waals surface area contributed by atoms with Gasteiger partial charge in [0.05, 0.1) is 0 Å². The Morgan fingerprint density at radius 3 is 2.59 bits per heavy atom. The van der Waals surface area contributed by atoms with Crippen LogP contribution in [-0.4, -0.2) is 32.9 Å². The number of thiophene rings is 1. The Balaban J connectivity index is 2.88. The third-order valence-corrected chi connectivity index (χ3v) is 5.75. The van der Waals surface area contributed by atoms with E-state index in [4.69, 9.17) is 5.73 Å². The number of hydrogen-bond acceptors (Lipinski definition) is 4. The zero-order valence-corrected chi connectivity index (χ0v) is 12.1. The monoisotopic (exact) mass is 276 g/mol. The summed E-state index contributed by atoms with van der Waals surface area (Å²) in [5, 5.41) is 0. The molecule has 1 rings (SSSR count). The van der Waals surface area contributed by atoms with Gasteiger partial charge in [-0.25, -0.2) is 8.42 Å². The first-order valence-electron chi connectivity index (χ1n) is 5.63. The van der Waals surface area contributed by atoms with Crippen LogP contribution in [0.15, 0.2) is 16.3 Å². The lowest BCUT2D eigenvalue weighted by Gasteiger charge is -2.17. The molecule has 98 valence electrons. The minimum absolute atomic E-state index is 0.318. The molecule has 0 aromatic carbocycles. The highest BCUT2D eigenvalue weighted by atomic mass is 32.2. The number of nitrogens with zero attached hydrogens (tertiary/aromatic N) is 1. The van der Waals surface area contributed by atoms with Gasteiger partial charge in [0.1, 0.15) is 4.21 Å². The van der Waals surface area contributed by atoms with Gasteiger partial charge in [-0.1, -0.05) is 13.8 Å². The largest absolute Gasteiger partial charge is 0.330 e. The minimum Gasteiger partial charge on any atom is -0.330 e. The van der Waals surface area contributed by atoms with Gasteiger partial charge in [-0.3, -0.25) is 0 Å². The van der Waals surface area contributed by atoms with E-state index in [0.717, 1.165) is 11.3 Å². The van der Waals surface area contributed by atoms with Crippen LogP contribution in [0.4, 0.5) is 0 Å². The summed E-state index contributed by atoms with van der Waals surface area (Å²) in [4.78, 5) is 1.02. The molecule has 0 aliphatic heterocycles. The van der Waals surface area contributed by atoms with Crippen LogP contribution in [0.2, 0.25) is 0 Å². The first-order chi connectivity index (χ1) is 7.87. The number of rotatable bonds is 6. The average Bonchev–Trinajstić information content (AvgIpc) is 2.66. The van der Waals surface area contributed by atoms with Crippen molar-refractivity contribution < 1.29 is 8.42 Å². The number of hydrogen-bond donors (Lipinski definition) is 1. The van der Waals surface area contributed by atoms with E-state index in [1.807, 2.05) is 19.9 Å². The van der Waals surface area contributed by atoms with Gasteiger partial charge in [-0.15, -0.1) is 11.3 Å². The van der Waals surface area contributed by atoms with Crippen molar-refractivity contribution in [3.05, 3.63) is 17.0 Å². The van der Waals surface area contributed by atoms with Gasteiger partial charge in [0.15, 0.2) is 0 Å². The maximum Gasteiger partial charge on any atom is 0.252 e. The molecule has 2 N–H and O–H groups in total. The molecule has 0 fully saturated rings. The van der Waals surface area contributed by atoms with Crippen LogP contribution in [0.1, 0.15) is 18.7 Å². The summed E-state index contributed by atoms with van der Waals surface area (Å²) >= 11 is 1.31. The number of nitrogens with two attached hydrogens (primary N) is 1. The molecule has 0 aliphatic rings. The van der Waals surface area contributed by atoms with Crippen LogP contribution < -0.4 is 5.73 Å². The molecule has 0 saturated carbocycles. The van der Waals surface area contributed by atoms with Crippen molar-refractivity contribution in [2.24, 2.45) is 11.7 Å². The Morgan fingerprint density at radius 2 is 2.06 bits per heavy atom. The van der Waals surface area contributed by atoms with E-state index in [0.29, 0.717) is 23.2 Å². The molecule has 0 unspecified atom stereocenters. The molecular formula is C11H20N2O2S2. The summed E-state index contributed by atoms with van der Waals surface area (Å²) in [6.45, 7) is 5.08. The van der Waals surface area contributed by atoms with Crippen LogP contribution in [0, 0.1) is 5.92 Å². The van der Waals surface area contributed by atoms with E-state index in [1.54, 1.807) is 13.1 Å². The van der Waals surface area contributed by atoms with Gasteiger partial charge in [0, 0.05) is 18.5 Å². The second-order valence-corrected chi connectivity index (χ2v) is 7.88. The lowest BCUT2D eigenvalue weighted by molar-refractivity contribution is 0.418. The zero-order chi connectivity index (χ0) is 13.1. The topological polar surface area (TPSA) is 63.4 Å². The smallest absolute Gasteiger partial charge is 0.252 e. The normalized spacial score (nSPS) is 12.6. The molecule has 4 nitrogen and oxygen atoms in total. The predicted molar refractivity (Wildman–Crippen MR) is 71.7 cm³/mol. The van der Waals surface area contributed by atoms with Crippen LogP contribution >= 0.6 is 11.3 Å². The molecule has 1 heterocycles. The molecule has 0 spiro atoms. The van der Waals surface area contributed by atoms with Crippen molar-refractivity contribution in [1.29, 1.82) is 0 Å². The Labute approximate surface area is 107 Å². The van der Waals surface area contributed by atoms with E-state index >= 15 is 0 Å². The zero-order valence-electron chi connectivity index (χ0n) is 10.5. The summed E-state index contributed by atoms with van der Waals surface area (Å²) in [5.41, 5.74) is 5.45. The third-order valence-electron chi connectivity index (χ3n) is 2.31. The Kier molecular flexibility index (Phi) is 5.12. The molecule has 0 atom stereocenters. The molecule has 0 bridgehead atoms. The van der Waals surface area contributed by atoms with E-state index in [-0.39, 0.29) is 0 Å². The second kappa shape index (κ2) is 5.95. The fraction of sp³-hybridized carbons (Fsp3) is 0.636. The molecule has 1 aromatic heterocycles. The highest BCUT2D eigenvalue weighted by Crippen LogP contribution is 2.24. The molecule has 0 saturated heterocycles. The molecule has 0 amide bonds. The maximum absolute atomic E-state index is 12.2. The number of sulfonamides is 1. The second-order valence-electron chi connectivity index (χ2n) is 4.44. The molecule has 1 aromatic rings. The quantitative estimate of drug-likeness (QED) is 0.857. The average molecular weight is 276 g/mol. The molecule has 0 radical (unpaired) electrons.